The molecule has 2 atom stereocenters. The topological polar surface area (TPSA) is 35.5 Å². The van der Waals surface area contributed by atoms with Crippen molar-refractivity contribution >= 4 is 0 Å². The molecule has 110 valence electrons. The Morgan fingerprint density at radius 2 is 1.83 bits per heavy atom. The summed E-state index contributed by atoms with van der Waals surface area (Å²) in [5, 5.41) is 13.2. The molecule has 0 spiro atoms. The van der Waals surface area contributed by atoms with Crippen LogP contribution in [0.4, 0.5) is 0 Å². The summed E-state index contributed by atoms with van der Waals surface area (Å²) in [6.07, 6.45) is 4.35. The van der Waals surface area contributed by atoms with E-state index >= 15 is 0 Å². The Kier molecular flexibility index (Phi) is 8.83. The third-order valence-corrected chi connectivity index (χ3v) is 4.08. The minimum Gasteiger partial charge on any atom is -0.394 e. The van der Waals surface area contributed by atoms with Crippen molar-refractivity contribution in [2.75, 3.05) is 20.2 Å². The van der Waals surface area contributed by atoms with Gasteiger partial charge in [0.25, 0.3) is 0 Å². The maximum Gasteiger partial charge on any atom is 0.0613 e. The molecule has 18 heavy (non-hydrogen) atoms. The summed E-state index contributed by atoms with van der Waals surface area (Å²) in [5.41, 5.74) is -0.0928. The van der Waals surface area contributed by atoms with E-state index in [0.29, 0.717) is 12.1 Å². The Morgan fingerprint density at radius 1 is 1.22 bits per heavy atom. The summed E-state index contributed by atoms with van der Waals surface area (Å²) in [7, 11) is 2.19. The first-order valence-electron chi connectivity index (χ1n) is 7.49. The zero-order valence-corrected chi connectivity index (χ0v) is 13.3. The highest BCUT2D eigenvalue weighted by Gasteiger charge is 2.27. The summed E-state index contributed by atoms with van der Waals surface area (Å²) < 4.78 is 0. The van der Waals surface area contributed by atoms with Crippen molar-refractivity contribution in [1.82, 2.24) is 10.2 Å². The average molecular weight is 258 g/mol. The molecule has 0 saturated carbocycles. The van der Waals surface area contributed by atoms with Gasteiger partial charge in [0.2, 0.25) is 0 Å². The molecule has 0 saturated heterocycles. The van der Waals surface area contributed by atoms with E-state index in [0.717, 1.165) is 25.8 Å². The van der Waals surface area contributed by atoms with Gasteiger partial charge >= 0.3 is 0 Å². The van der Waals surface area contributed by atoms with Crippen LogP contribution >= 0.6 is 0 Å². The van der Waals surface area contributed by atoms with Crippen LogP contribution in [0.2, 0.25) is 0 Å². The van der Waals surface area contributed by atoms with E-state index < -0.39 is 0 Å². The molecule has 0 rings (SSSR count). The van der Waals surface area contributed by atoms with Crippen molar-refractivity contribution in [2.45, 2.75) is 77.9 Å². The first kappa shape index (κ1) is 17.9. The van der Waals surface area contributed by atoms with Crippen molar-refractivity contribution in [3.05, 3.63) is 0 Å². The maximum atomic E-state index is 9.67. The molecule has 0 aromatic rings. The molecule has 3 heteroatoms. The predicted molar refractivity (Wildman–Crippen MR) is 80.0 cm³/mol. The highest BCUT2D eigenvalue weighted by atomic mass is 16.3. The van der Waals surface area contributed by atoms with Crippen molar-refractivity contribution in [3.63, 3.8) is 0 Å². The molecule has 0 fully saturated rings. The van der Waals surface area contributed by atoms with E-state index in [-0.39, 0.29) is 12.1 Å². The molecule has 2 N–H and O–H groups in total. The van der Waals surface area contributed by atoms with E-state index in [1.807, 2.05) is 0 Å². The van der Waals surface area contributed by atoms with E-state index in [9.17, 15) is 5.11 Å². The summed E-state index contributed by atoms with van der Waals surface area (Å²) in [6.45, 7) is 12.3. The molecule has 0 aliphatic carbocycles. The van der Waals surface area contributed by atoms with Crippen LogP contribution in [-0.2, 0) is 0 Å². The number of nitrogens with one attached hydrogen (secondary N) is 1. The van der Waals surface area contributed by atoms with Gasteiger partial charge in [0, 0.05) is 17.6 Å². The highest BCUT2D eigenvalue weighted by Crippen LogP contribution is 2.18. The summed E-state index contributed by atoms with van der Waals surface area (Å²) in [4.78, 5) is 2.41. The van der Waals surface area contributed by atoms with Crippen LogP contribution in [0, 0.1) is 0 Å². The van der Waals surface area contributed by atoms with Crippen LogP contribution in [-0.4, -0.2) is 47.8 Å². The van der Waals surface area contributed by atoms with E-state index in [1.54, 1.807) is 0 Å². The van der Waals surface area contributed by atoms with Crippen molar-refractivity contribution in [2.24, 2.45) is 0 Å². The molecular weight excluding hydrogens is 224 g/mol. The van der Waals surface area contributed by atoms with Gasteiger partial charge in [0.1, 0.15) is 0 Å². The summed E-state index contributed by atoms with van der Waals surface area (Å²) >= 11 is 0. The first-order valence-corrected chi connectivity index (χ1v) is 7.49. The second kappa shape index (κ2) is 8.89. The van der Waals surface area contributed by atoms with Crippen molar-refractivity contribution in [3.8, 4) is 0 Å². The normalized spacial score (nSPS) is 17.2. The molecule has 0 aliphatic heterocycles. The van der Waals surface area contributed by atoms with Gasteiger partial charge in [-0.1, -0.05) is 27.7 Å². The summed E-state index contributed by atoms with van der Waals surface area (Å²) in [6, 6.07) is 1.07. The number of aliphatic hydroxyl groups is 1. The van der Waals surface area contributed by atoms with Gasteiger partial charge < -0.3 is 15.3 Å². The number of aliphatic hydroxyl groups excluding tert-OH is 1. The molecule has 2 unspecified atom stereocenters. The second-order valence-corrected chi connectivity index (χ2v) is 5.93. The Labute approximate surface area is 114 Å². The van der Waals surface area contributed by atoms with Crippen molar-refractivity contribution in [1.29, 1.82) is 0 Å². The van der Waals surface area contributed by atoms with Crippen molar-refractivity contribution < 1.29 is 5.11 Å². The number of nitrogens with zero attached hydrogens (tertiary/aromatic N) is 1. The molecule has 0 amide bonds. The average Bonchev–Trinajstić information content (AvgIpc) is 2.35. The Balaban J connectivity index is 4.19. The fourth-order valence-electron chi connectivity index (χ4n) is 2.40. The number of hydrogen-bond donors (Lipinski definition) is 2. The number of rotatable bonds is 10. The lowest BCUT2D eigenvalue weighted by Crippen LogP contribution is -2.51. The lowest BCUT2D eigenvalue weighted by Gasteiger charge is -2.35. The number of hydrogen-bond acceptors (Lipinski definition) is 3. The lowest BCUT2D eigenvalue weighted by atomic mass is 9.90. The van der Waals surface area contributed by atoms with Crippen LogP contribution in [0.5, 0.6) is 0 Å². The molecule has 0 aromatic heterocycles. The largest absolute Gasteiger partial charge is 0.394 e. The first-order chi connectivity index (χ1) is 8.40. The molecule has 3 nitrogen and oxygen atoms in total. The highest BCUT2D eigenvalue weighted by molar-refractivity contribution is 4.87. The van der Waals surface area contributed by atoms with Crippen LogP contribution in [0.3, 0.4) is 0 Å². The Bertz CT molecular complexity index is 203. The molecule has 0 bridgehead atoms. The van der Waals surface area contributed by atoms with Crippen LogP contribution in [0.25, 0.3) is 0 Å². The quantitative estimate of drug-likeness (QED) is 0.632. The second-order valence-electron chi connectivity index (χ2n) is 5.93. The molecule has 0 radical (unpaired) electrons. The Hall–Kier alpha value is -0.120. The predicted octanol–water partition coefficient (Wildman–Crippen LogP) is 2.64. The maximum absolute atomic E-state index is 9.67. The fourth-order valence-corrected chi connectivity index (χ4v) is 2.40. The fraction of sp³-hybridized carbons (Fsp3) is 1.00. The van der Waals surface area contributed by atoms with Gasteiger partial charge in [-0.25, -0.2) is 0 Å². The molecular formula is C15H34N2O. The van der Waals surface area contributed by atoms with Crippen LogP contribution in [0.1, 0.15) is 60.3 Å². The van der Waals surface area contributed by atoms with Gasteiger partial charge in [0.05, 0.1) is 6.61 Å². The summed E-state index contributed by atoms with van der Waals surface area (Å²) in [5.74, 6) is 0. The van der Waals surface area contributed by atoms with Gasteiger partial charge in [-0.15, -0.1) is 0 Å². The zero-order chi connectivity index (χ0) is 14.2. The van der Waals surface area contributed by atoms with E-state index in [4.69, 9.17) is 0 Å². The van der Waals surface area contributed by atoms with Crippen LogP contribution < -0.4 is 5.32 Å². The molecule has 0 aliphatic rings. The van der Waals surface area contributed by atoms with Gasteiger partial charge in [0.15, 0.2) is 0 Å². The van der Waals surface area contributed by atoms with Gasteiger partial charge in [-0.05, 0) is 46.2 Å². The van der Waals surface area contributed by atoms with E-state index in [1.165, 1.54) is 6.42 Å². The minimum absolute atomic E-state index is 0.0928. The standard InChI is InChI=1S/C15H34N2O/c1-7-14(5)17(6)11-9-10-15(8-2,12-18)16-13(3)4/h13-14,16,18H,7-12H2,1-6H3. The third-order valence-electron chi connectivity index (χ3n) is 4.08. The van der Waals surface area contributed by atoms with Gasteiger partial charge in [-0.3, -0.25) is 0 Å². The lowest BCUT2D eigenvalue weighted by molar-refractivity contribution is 0.129. The Morgan fingerprint density at radius 3 is 2.22 bits per heavy atom. The molecule has 0 aromatic carbocycles. The molecule has 0 heterocycles. The van der Waals surface area contributed by atoms with Gasteiger partial charge in [-0.2, -0.15) is 0 Å². The zero-order valence-electron chi connectivity index (χ0n) is 13.3. The van der Waals surface area contributed by atoms with Crippen LogP contribution in [0.15, 0.2) is 0 Å². The smallest absolute Gasteiger partial charge is 0.0613 e. The SMILES string of the molecule is CCC(C)N(C)CCCC(CC)(CO)NC(C)C. The monoisotopic (exact) mass is 258 g/mol. The third kappa shape index (κ3) is 6.17. The van der Waals surface area contributed by atoms with E-state index in [2.05, 4.69) is 51.9 Å². The minimum atomic E-state index is -0.0928.